The van der Waals surface area contributed by atoms with Crippen molar-refractivity contribution < 1.29 is 0 Å². The maximum absolute atomic E-state index is 6.24. The monoisotopic (exact) mass is 227 g/mol. The highest BCUT2D eigenvalue weighted by Crippen LogP contribution is 2.28. The topological polar surface area (TPSA) is 29.9 Å². The van der Waals surface area contributed by atoms with Gasteiger partial charge in [-0.25, -0.2) is 0 Å². The minimum atomic E-state index is 0.198. The van der Waals surface area contributed by atoms with Crippen LogP contribution in [0.4, 0.5) is 0 Å². The summed E-state index contributed by atoms with van der Waals surface area (Å²) in [4.78, 5) is 0. The Balaban J connectivity index is 2.23. The lowest BCUT2D eigenvalue weighted by atomic mass is 9.94. The molecule has 1 aliphatic heterocycles. The Bertz CT molecular complexity index is 364. The SMILES string of the molecule is Cc1nn(C)c(CC2(C)CCCN2)c1Cl. The van der Waals surface area contributed by atoms with Crippen LogP contribution in [0.5, 0.6) is 0 Å². The summed E-state index contributed by atoms with van der Waals surface area (Å²) in [5.41, 5.74) is 2.27. The van der Waals surface area contributed by atoms with Gasteiger partial charge in [0.25, 0.3) is 0 Å². The van der Waals surface area contributed by atoms with Crippen LogP contribution in [-0.4, -0.2) is 21.9 Å². The van der Waals surface area contributed by atoms with Gasteiger partial charge in [0.15, 0.2) is 0 Å². The predicted octanol–water partition coefficient (Wildman–Crippen LogP) is 2.07. The average Bonchev–Trinajstić information content (AvgIpc) is 2.68. The Morgan fingerprint density at radius 3 is 2.80 bits per heavy atom. The van der Waals surface area contributed by atoms with Gasteiger partial charge in [-0.1, -0.05) is 11.6 Å². The van der Waals surface area contributed by atoms with Gasteiger partial charge < -0.3 is 5.32 Å². The fourth-order valence-electron chi connectivity index (χ4n) is 2.35. The molecule has 84 valence electrons. The number of aromatic nitrogens is 2. The van der Waals surface area contributed by atoms with Crippen LogP contribution in [0.25, 0.3) is 0 Å². The standard InChI is InChI=1S/C11H18ClN3/c1-8-10(12)9(15(3)14-8)7-11(2)5-4-6-13-11/h13H,4-7H2,1-3H3. The molecule has 1 saturated heterocycles. The zero-order valence-corrected chi connectivity index (χ0v) is 10.4. The van der Waals surface area contributed by atoms with E-state index in [9.17, 15) is 0 Å². The van der Waals surface area contributed by atoms with Crippen molar-refractivity contribution in [2.75, 3.05) is 6.54 Å². The van der Waals surface area contributed by atoms with E-state index in [4.69, 9.17) is 11.6 Å². The van der Waals surface area contributed by atoms with Gasteiger partial charge in [-0.15, -0.1) is 0 Å². The molecular weight excluding hydrogens is 210 g/mol. The zero-order valence-electron chi connectivity index (χ0n) is 9.60. The molecule has 1 N–H and O–H groups in total. The van der Waals surface area contributed by atoms with Gasteiger partial charge in [0, 0.05) is 19.0 Å². The maximum Gasteiger partial charge on any atom is 0.0847 e. The fraction of sp³-hybridized carbons (Fsp3) is 0.727. The van der Waals surface area contributed by atoms with Crippen molar-refractivity contribution in [2.45, 2.75) is 38.6 Å². The second-order valence-corrected chi connectivity index (χ2v) is 5.12. The average molecular weight is 228 g/mol. The third-order valence-electron chi connectivity index (χ3n) is 3.28. The fourth-order valence-corrected chi connectivity index (χ4v) is 2.58. The lowest BCUT2D eigenvalue weighted by Gasteiger charge is -2.24. The highest BCUT2D eigenvalue weighted by atomic mass is 35.5. The number of hydrogen-bond acceptors (Lipinski definition) is 2. The number of nitrogens with one attached hydrogen (secondary N) is 1. The van der Waals surface area contributed by atoms with Crippen LogP contribution >= 0.6 is 11.6 Å². The van der Waals surface area contributed by atoms with E-state index in [1.807, 2.05) is 18.7 Å². The van der Waals surface area contributed by atoms with Gasteiger partial charge in [0.1, 0.15) is 0 Å². The second kappa shape index (κ2) is 3.80. The van der Waals surface area contributed by atoms with Crippen molar-refractivity contribution in [3.8, 4) is 0 Å². The van der Waals surface area contributed by atoms with Crippen molar-refractivity contribution in [1.82, 2.24) is 15.1 Å². The van der Waals surface area contributed by atoms with Crippen molar-refractivity contribution in [3.63, 3.8) is 0 Å². The summed E-state index contributed by atoms with van der Waals surface area (Å²) in [5, 5.41) is 8.71. The first-order chi connectivity index (χ1) is 7.02. The number of aryl methyl sites for hydroxylation is 2. The molecule has 0 radical (unpaired) electrons. The molecule has 1 unspecified atom stereocenters. The summed E-state index contributed by atoms with van der Waals surface area (Å²) >= 11 is 6.24. The van der Waals surface area contributed by atoms with E-state index < -0.39 is 0 Å². The molecule has 0 spiro atoms. The highest BCUT2D eigenvalue weighted by molar-refractivity contribution is 6.31. The summed E-state index contributed by atoms with van der Waals surface area (Å²) in [7, 11) is 1.96. The summed E-state index contributed by atoms with van der Waals surface area (Å²) in [6.45, 7) is 5.33. The van der Waals surface area contributed by atoms with Gasteiger partial charge >= 0.3 is 0 Å². The molecule has 15 heavy (non-hydrogen) atoms. The van der Waals surface area contributed by atoms with E-state index in [0.29, 0.717) is 0 Å². The number of halogens is 1. The van der Waals surface area contributed by atoms with E-state index in [-0.39, 0.29) is 5.54 Å². The van der Waals surface area contributed by atoms with Crippen LogP contribution in [0, 0.1) is 6.92 Å². The maximum atomic E-state index is 6.24. The number of hydrogen-bond donors (Lipinski definition) is 1. The lowest BCUT2D eigenvalue weighted by Crippen LogP contribution is -2.39. The summed E-state index contributed by atoms with van der Waals surface area (Å²) in [6, 6.07) is 0. The molecule has 1 fully saturated rings. The van der Waals surface area contributed by atoms with Crippen molar-refractivity contribution >= 4 is 11.6 Å². The Labute approximate surface area is 95.8 Å². The Hall–Kier alpha value is -0.540. The molecule has 2 rings (SSSR count). The molecule has 2 heterocycles. The quantitative estimate of drug-likeness (QED) is 0.839. The second-order valence-electron chi connectivity index (χ2n) is 4.74. The Kier molecular flexibility index (Phi) is 2.77. The van der Waals surface area contributed by atoms with Gasteiger partial charge in [0.05, 0.1) is 16.4 Å². The number of nitrogens with zero attached hydrogens (tertiary/aromatic N) is 2. The normalized spacial score (nSPS) is 26.1. The summed E-state index contributed by atoms with van der Waals surface area (Å²) in [6.07, 6.45) is 3.43. The molecule has 3 nitrogen and oxygen atoms in total. The molecule has 1 atom stereocenters. The first-order valence-electron chi connectivity index (χ1n) is 5.45. The molecule has 0 saturated carbocycles. The first-order valence-corrected chi connectivity index (χ1v) is 5.83. The molecule has 1 aliphatic rings. The minimum Gasteiger partial charge on any atom is -0.311 e. The van der Waals surface area contributed by atoms with Crippen molar-refractivity contribution in [3.05, 3.63) is 16.4 Å². The third-order valence-corrected chi connectivity index (χ3v) is 3.77. The van der Waals surface area contributed by atoms with Crippen LogP contribution in [-0.2, 0) is 13.5 Å². The van der Waals surface area contributed by atoms with E-state index >= 15 is 0 Å². The third kappa shape index (κ3) is 2.04. The molecule has 0 aliphatic carbocycles. The van der Waals surface area contributed by atoms with Crippen LogP contribution < -0.4 is 5.32 Å². The van der Waals surface area contributed by atoms with E-state index in [1.165, 1.54) is 12.8 Å². The smallest absolute Gasteiger partial charge is 0.0847 e. The van der Waals surface area contributed by atoms with Crippen LogP contribution in [0.1, 0.15) is 31.2 Å². The van der Waals surface area contributed by atoms with Crippen LogP contribution in [0.15, 0.2) is 0 Å². The summed E-state index contributed by atoms with van der Waals surface area (Å²) < 4.78 is 1.91. The van der Waals surface area contributed by atoms with E-state index in [1.54, 1.807) is 0 Å². The van der Waals surface area contributed by atoms with Crippen LogP contribution in [0.2, 0.25) is 5.02 Å². The summed E-state index contributed by atoms with van der Waals surface area (Å²) in [5.74, 6) is 0. The van der Waals surface area contributed by atoms with Gasteiger partial charge in [-0.05, 0) is 33.2 Å². The lowest BCUT2D eigenvalue weighted by molar-refractivity contribution is 0.401. The van der Waals surface area contributed by atoms with E-state index in [0.717, 1.165) is 29.4 Å². The van der Waals surface area contributed by atoms with Gasteiger partial charge in [0.2, 0.25) is 0 Å². The predicted molar refractivity (Wildman–Crippen MR) is 62.3 cm³/mol. The zero-order chi connectivity index (χ0) is 11.1. The largest absolute Gasteiger partial charge is 0.311 e. The van der Waals surface area contributed by atoms with Gasteiger partial charge in [-0.2, -0.15) is 5.10 Å². The molecule has 1 aromatic heterocycles. The van der Waals surface area contributed by atoms with Crippen molar-refractivity contribution in [2.24, 2.45) is 7.05 Å². The minimum absolute atomic E-state index is 0.198. The molecule has 0 amide bonds. The Morgan fingerprint density at radius 2 is 2.33 bits per heavy atom. The molecule has 0 aromatic carbocycles. The first kappa shape index (κ1) is 11.0. The van der Waals surface area contributed by atoms with Gasteiger partial charge in [-0.3, -0.25) is 4.68 Å². The molecule has 0 bridgehead atoms. The molecule has 4 heteroatoms. The molecular formula is C11H18ClN3. The van der Waals surface area contributed by atoms with Crippen LogP contribution in [0.3, 0.4) is 0 Å². The molecule has 1 aromatic rings. The number of rotatable bonds is 2. The Morgan fingerprint density at radius 1 is 1.60 bits per heavy atom. The van der Waals surface area contributed by atoms with E-state index in [2.05, 4.69) is 17.3 Å². The highest BCUT2D eigenvalue weighted by Gasteiger charge is 2.30. The van der Waals surface area contributed by atoms with Crippen molar-refractivity contribution in [1.29, 1.82) is 0 Å².